The van der Waals surface area contributed by atoms with E-state index in [2.05, 4.69) is 5.32 Å². The maximum atomic E-state index is 13.1. The van der Waals surface area contributed by atoms with Crippen molar-refractivity contribution < 1.29 is 31.9 Å². The maximum Gasteiger partial charge on any atom is 0.418 e. The summed E-state index contributed by atoms with van der Waals surface area (Å²) in [4.78, 5) is 24.5. The molecule has 0 fully saturated rings. The zero-order valence-electron chi connectivity index (χ0n) is 16.6. The second-order valence-corrected chi connectivity index (χ2v) is 6.99. The number of furan rings is 1. The van der Waals surface area contributed by atoms with E-state index in [1.165, 1.54) is 25.3 Å². The topological polar surface area (TPSA) is 68.5 Å². The minimum atomic E-state index is -4.62. The summed E-state index contributed by atoms with van der Waals surface area (Å²) in [6.07, 6.45) is -4.57. The molecule has 3 rings (SSSR count). The Kier molecular flexibility index (Phi) is 5.87. The summed E-state index contributed by atoms with van der Waals surface area (Å²) in [5, 5.41) is 2.94. The molecule has 2 aromatic carbocycles. The molecule has 1 N–H and O–H groups in total. The van der Waals surface area contributed by atoms with Crippen LogP contribution in [0.15, 0.2) is 47.1 Å². The minimum Gasteiger partial charge on any atom is -0.464 e. The van der Waals surface area contributed by atoms with Crippen LogP contribution in [0, 0.1) is 13.8 Å². The van der Waals surface area contributed by atoms with Gasteiger partial charge in [0.05, 0.1) is 23.9 Å². The molecule has 0 aliphatic carbocycles. The number of carbonyl (C=O) groups is 2. The van der Waals surface area contributed by atoms with Crippen LogP contribution in [-0.2, 0) is 26.9 Å². The minimum absolute atomic E-state index is 0.133. The third-order valence-corrected chi connectivity index (χ3v) is 4.84. The molecule has 0 unspecified atom stereocenters. The second-order valence-electron chi connectivity index (χ2n) is 6.99. The Morgan fingerprint density at radius 1 is 1.13 bits per heavy atom. The van der Waals surface area contributed by atoms with Gasteiger partial charge in [0, 0.05) is 10.9 Å². The predicted octanol–water partition coefficient (Wildman–Crippen LogP) is 5.18. The first-order valence-corrected chi connectivity index (χ1v) is 9.20. The molecule has 1 amide bonds. The van der Waals surface area contributed by atoms with Gasteiger partial charge in [-0.2, -0.15) is 13.2 Å². The van der Waals surface area contributed by atoms with E-state index in [0.29, 0.717) is 11.1 Å². The molecular weight excluding hydrogens is 399 g/mol. The molecule has 3 aromatic rings. The van der Waals surface area contributed by atoms with Crippen molar-refractivity contribution in [3.05, 3.63) is 64.9 Å². The van der Waals surface area contributed by atoms with Crippen molar-refractivity contribution in [1.29, 1.82) is 0 Å². The van der Waals surface area contributed by atoms with Crippen molar-refractivity contribution in [2.45, 2.75) is 39.5 Å². The first kappa shape index (κ1) is 21.4. The number of para-hydroxylation sites is 1. The number of hydrogen-bond donors (Lipinski definition) is 1. The molecule has 0 aliphatic rings. The quantitative estimate of drug-likeness (QED) is 0.579. The van der Waals surface area contributed by atoms with Crippen LogP contribution in [0.2, 0.25) is 0 Å². The van der Waals surface area contributed by atoms with Crippen LogP contribution in [0.3, 0.4) is 0 Å². The van der Waals surface area contributed by atoms with E-state index in [9.17, 15) is 22.8 Å². The normalized spacial score (nSPS) is 12.6. The number of ether oxygens (including phenoxy) is 1. The van der Waals surface area contributed by atoms with E-state index in [4.69, 9.17) is 9.15 Å². The molecule has 158 valence electrons. The zero-order chi connectivity index (χ0) is 22.1. The Hall–Kier alpha value is -3.29. The van der Waals surface area contributed by atoms with Crippen molar-refractivity contribution in [2.75, 3.05) is 5.32 Å². The highest BCUT2D eigenvalue weighted by Crippen LogP contribution is 2.34. The van der Waals surface area contributed by atoms with Gasteiger partial charge < -0.3 is 14.5 Å². The number of benzene rings is 2. The maximum absolute atomic E-state index is 13.1. The molecule has 30 heavy (non-hydrogen) atoms. The van der Waals surface area contributed by atoms with Crippen molar-refractivity contribution in [3.8, 4) is 0 Å². The van der Waals surface area contributed by atoms with Crippen molar-refractivity contribution in [2.24, 2.45) is 0 Å². The van der Waals surface area contributed by atoms with Crippen molar-refractivity contribution in [1.82, 2.24) is 0 Å². The molecule has 8 heteroatoms. The largest absolute Gasteiger partial charge is 0.464 e. The van der Waals surface area contributed by atoms with Crippen molar-refractivity contribution >= 4 is 28.5 Å². The fraction of sp³-hybridized carbons (Fsp3) is 0.273. The van der Waals surface area contributed by atoms with E-state index in [0.717, 1.165) is 28.6 Å². The number of aryl methyl sites for hydroxylation is 2. The number of carbonyl (C=O) groups excluding carboxylic acids is 2. The Balaban J connectivity index is 1.67. The van der Waals surface area contributed by atoms with Crippen LogP contribution in [0.25, 0.3) is 11.0 Å². The van der Waals surface area contributed by atoms with E-state index in [1.54, 1.807) is 0 Å². The molecule has 0 saturated heterocycles. The number of anilines is 1. The number of halogens is 3. The van der Waals surface area contributed by atoms with Crippen LogP contribution < -0.4 is 5.32 Å². The summed E-state index contributed by atoms with van der Waals surface area (Å²) in [5.41, 5.74) is 1.91. The lowest BCUT2D eigenvalue weighted by Crippen LogP contribution is -2.31. The van der Waals surface area contributed by atoms with Gasteiger partial charge in [0.25, 0.3) is 5.91 Å². The van der Waals surface area contributed by atoms with E-state index in [1.807, 2.05) is 26.0 Å². The third-order valence-electron chi connectivity index (χ3n) is 4.84. The number of rotatable bonds is 5. The van der Waals surface area contributed by atoms with Gasteiger partial charge in [0.15, 0.2) is 6.10 Å². The Morgan fingerprint density at radius 2 is 1.83 bits per heavy atom. The molecule has 1 aromatic heterocycles. The van der Waals surface area contributed by atoms with Crippen molar-refractivity contribution in [3.63, 3.8) is 0 Å². The van der Waals surface area contributed by atoms with Crippen LogP contribution in [0.1, 0.15) is 29.2 Å². The van der Waals surface area contributed by atoms with Crippen LogP contribution in [0.4, 0.5) is 18.9 Å². The van der Waals surface area contributed by atoms with Gasteiger partial charge in [-0.25, -0.2) is 0 Å². The van der Waals surface area contributed by atoms with E-state index >= 15 is 0 Å². The monoisotopic (exact) mass is 419 g/mol. The first-order chi connectivity index (χ1) is 14.1. The Bertz CT molecular complexity index is 1100. The fourth-order valence-corrected chi connectivity index (χ4v) is 3.05. The molecule has 0 spiro atoms. The van der Waals surface area contributed by atoms with Gasteiger partial charge >= 0.3 is 12.1 Å². The number of alkyl halides is 3. The van der Waals surface area contributed by atoms with Gasteiger partial charge in [-0.3, -0.25) is 9.59 Å². The number of amides is 1. The number of hydrogen-bond acceptors (Lipinski definition) is 4. The predicted molar refractivity (Wildman–Crippen MR) is 105 cm³/mol. The number of fused-ring (bicyclic) bond motifs is 1. The summed E-state index contributed by atoms with van der Waals surface area (Å²) in [6, 6.07) is 8.34. The molecule has 0 radical (unpaired) electrons. The summed E-state index contributed by atoms with van der Waals surface area (Å²) in [6.45, 7) is 5.15. The second kappa shape index (κ2) is 8.22. The molecule has 0 aliphatic heterocycles. The van der Waals surface area contributed by atoms with Crippen LogP contribution in [0.5, 0.6) is 0 Å². The summed E-state index contributed by atoms with van der Waals surface area (Å²) >= 11 is 0. The van der Waals surface area contributed by atoms with Crippen LogP contribution >= 0.6 is 0 Å². The standard InChI is InChI=1S/C22H20F3NO4/c1-12-8-9-16-15(11-29-20(16)13(12)2)10-19(27)30-14(3)21(28)26-18-7-5-4-6-17(18)22(23,24)25/h4-9,11,14H,10H2,1-3H3,(H,26,28)/t14-/m1/s1. The number of esters is 1. The van der Waals surface area contributed by atoms with Gasteiger partial charge in [-0.15, -0.1) is 0 Å². The highest BCUT2D eigenvalue weighted by atomic mass is 19.4. The average molecular weight is 419 g/mol. The summed E-state index contributed by atoms with van der Waals surface area (Å²) in [7, 11) is 0. The van der Waals surface area contributed by atoms with E-state index in [-0.39, 0.29) is 6.42 Å². The molecule has 5 nitrogen and oxygen atoms in total. The highest BCUT2D eigenvalue weighted by molar-refractivity contribution is 5.96. The van der Waals surface area contributed by atoms with Gasteiger partial charge in [0.1, 0.15) is 5.58 Å². The summed E-state index contributed by atoms with van der Waals surface area (Å²) in [5.74, 6) is -1.55. The molecular formula is C22H20F3NO4. The van der Waals surface area contributed by atoms with Crippen LogP contribution in [-0.4, -0.2) is 18.0 Å². The Morgan fingerprint density at radius 3 is 2.53 bits per heavy atom. The highest BCUT2D eigenvalue weighted by Gasteiger charge is 2.34. The Labute approximate surface area is 170 Å². The molecule has 0 saturated carbocycles. The average Bonchev–Trinajstić information content (AvgIpc) is 3.07. The SMILES string of the molecule is Cc1ccc2c(CC(=O)O[C@H](C)C(=O)Nc3ccccc3C(F)(F)F)coc2c1C. The van der Waals surface area contributed by atoms with Gasteiger partial charge in [0.2, 0.25) is 0 Å². The van der Waals surface area contributed by atoms with Gasteiger partial charge in [-0.1, -0.05) is 24.3 Å². The number of nitrogens with one attached hydrogen (secondary N) is 1. The summed E-state index contributed by atoms with van der Waals surface area (Å²) < 4.78 is 49.8. The van der Waals surface area contributed by atoms with E-state index < -0.39 is 35.4 Å². The lowest BCUT2D eigenvalue weighted by atomic mass is 10.0. The smallest absolute Gasteiger partial charge is 0.418 e. The molecule has 1 atom stereocenters. The van der Waals surface area contributed by atoms with Gasteiger partial charge in [-0.05, 0) is 44.0 Å². The third kappa shape index (κ3) is 4.48. The fourth-order valence-electron chi connectivity index (χ4n) is 3.05. The molecule has 1 heterocycles. The first-order valence-electron chi connectivity index (χ1n) is 9.20. The lowest BCUT2D eigenvalue weighted by molar-refractivity contribution is -0.152. The zero-order valence-corrected chi connectivity index (χ0v) is 16.6. The lowest BCUT2D eigenvalue weighted by Gasteiger charge is -2.16. The molecule has 0 bridgehead atoms.